The Morgan fingerprint density at radius 2 is 1.97 bits per heavy atom. The van der Waals surface area contributed by atoms with Crippen LogP contribution in [0, 0.1) is 23.6 Å². The summed E-state index contributed by atoms with van der Waals surface area (Å²) in [6, 6.07) is 3.19. The minimum absolute atomic E-state index is 0.0169. The van der Waals surface area contributed by atoms with Crippen molar-refractivity contribution < 1.29 is 18.5 Å². The third kappa shape index (κ3) is 4.93. The Kier molecular flexibility index (Phi) is 7.52. The molecule has 5 rings (SSSR count). The molecule has 0 spiro atoms. The number of aryl methyl sites for hydroxylation is 1. The summed E-state index contributed by atoms with van der Waals surface area (Å²) in [5.74, 6) is 0.0555. The highest BCUT2D eigenvalue weighted by Crippen LogP contribution is 2.38. The van der Waals surface area contributed by atoms with Gasteiger partial charge in [0.05, 0.1) is 23.2 Å². The average Bonchev–Trinajstić information content (AvgIpc) is 3.67. The molecule has 3 atom stereocenters. The van der Waals surface area contributed by atoms with E-state index in [0.29, 0.717) is 53.6 Å². The number of halogens is 1. The first-order chi connectivity index (χ1) is 18.3. The third-order valence-electron chi connectivity index (χ3n) is 8.35. The Bertz CT molecular complexity index is 1310. The lowest BCUT2D eigenvalue weighted by Gasteiger charge is -2.32. The number of fused-ring (bicyclic) bond motifs is 1. The number of H-pyrrole nitrogens is 1. The normalized spacial score (nSPS) is 24.4. The number of aromatic amines is 1. The number of aromatic nitrogens is 3. The van der Waals surface area contributed by atoms with Crippen LogP contribution in [-0.4, -0.2) is 59.0 Å². The standard InChI is InChI=1S/C28H37FN6O3/c1-5-21-20(14-38-34-21)27(36)33-24(16-8-6-15(2)7-9-16)26-31-22-11-10-17(23(29)25(22)32-26)18-12-30-13-19(18)28(37)35(3)4/h10-11,14-16,18-19,24,30H,5-9,12-13H2,1-4H3,(H,31,32)(H,33,36). The van der Waals surface area contributed by atoms with Gasteiger partial charge < -0.3 is 25.0 Å². The predicted molar refractivity (Wildman–Crippen MR) is 141 cm³/mol. The van der Waals surface area contributed by atoms with E-state index in [2.05, 4.69) is 27.7 Å². The average molecular weight is 525 g/mol. The Morgan fingerprint density at radius 1 is 1.21 bits per heavy atom. The third-order valence-corrected chi connectivity index (χ3v) is 8.35. The van der Waals surface area contributed by atoms with E-state index in [1.807, 2.05) is 13.0 Å². The van der Waals surface area contributed by atoms with Crippen molar-refractivity contribution in [3.05, 3.63) is 46.9 Å². The smallest absolute Gasteiger partial charge is 0.257 e. The Morgan fingerprint density at radius 3 is 2.68 bits per heavy atom. The molecule has 2 amide bonds. The zero-order valence-electron chi connectivity index (χ0n) is 22.5. The summed E-state index contributed by atoms with van der Waals surface area (Å²) in [5, 5.41) is 10.3. The van der Waals surface area contributed by atoms with Crippen molar-refractivity contribution in [1.29, 1.82) is 0 Å². The lowest BCUT2D eigenvalue weighted by Crippen LogP contribution is -2.36. The van der Waals surface area contributed by atoms with E-state index in [9.17, 15) is 9.59 Å². The first kappa shape index (κ1) is 26.3. The molecule has 1 aliphatic heterocycles. The molecule has 3 aromatic rings. The molecule has 1 aliphatic carbocycles. The fraction of sp³-hybridized carbons (Fsp3) is 0.571. The molecule has 1 aromatic carbocycles. The summed E-state index contributed by atoms with van der Waals surface area (Å²) in [6.45, 7) is 5.22. The highest BCUT2D eigenvalue weighted by molar-refractivity contribution is 5.95. The summed E-state index contributed by atoms with van der Waals surface area (Å²) in [6.07, 6.45) is 5.99. The van der Waals surface area contributed by atoms with Crippen molar-refractivity contribution in [2.24, 2.45) is 17.8 Å². The second-order valence-electron chi connectivity index (χ2n) is 11.1. The number of amides is 2. The van der Waals surface area contributed by atoms with Gasteiger partial charge in [-0.3, -0.25) is 9.59 Å². The molecule has 204 valence electrons. The number of imidazole rings is 1. The van der Waals surface area contributed by atoms with Crippen LogP contribution in [0.3, 0.4) is 0 Å². The number of nitrogens with one attached hydrogen (secondary N) is 3. The molecule has 10 heteroatoms. The van der Waals surface area contributed by atoms with E-state index in [4.69, 9.17) is 9.51 Å². The van der Waals surface area contributed by atoms with Gasteiger partial charge in [-0.25, -0.2) is 9.37 Å². The second kappa shape index (κ2) is 10.8. The first-order valence-corrected chi connectivity index (χ1v) is 13.6. The molecule has 0 radical (unpaired) electrons. The van der Waals surface area contributed by atoms with Gasteiger partial charge in [-0.05, 0) is 42.7 Å². The van der Waals surface area contributed by atoms with Crippen LogP contribution in [0.5, 0.6) is 0 Å². The summed E-state index contributed by atoms with van der Waals surface area (Å²) in [5.41, 5.74) is 2.32. The van der Waals surface area contributed by atoms with Crippen molar-refractivity contribution >= 4 is 22.8 Å². The number of hydrogen-bond acceptors (Lipinski definition) is 6. The molecule has 9 nitrogen and oxygen atoms in total. The van der Waals surface area contributed by atoms with Crippen LogP contribution in [-0.2, 0) is 11.2 Å². The van der Waals surface area contributed by atoms with Crippen LogP contribution in [0.1, 0.15) is 78.9 Å². The van der Waals surface area contributed by atoms with Gasteiger partial charge in [-0.15, -0.1) is 0 Å². The van der Waals surface area contributed by atoms with Crippen LogP contribution >= 0.6 is 0 Å². The zero-order chi connectivity index (χ0) is 27.0. The molecular formula is C28H37FN6O3. The van der Waals surface area contributed by atoms with E-state index < -0.39 is 11.9 Å². The lowest BCUT2D eigenvalue weighted by atomic mass is 9.79. The van der Waals surface area contributed by atoms with Crippen LogP contribution in [0.2, 0.25) is 0 Å². The molecule has 2 fully saturated rings. The minimum Gasteiger partial charge on any atom is -0.364 e. The van der Waals surface area contributed by atoms with E-state index in [1.54, 1.807) is 25.1 Å². The number of hydrogen-bond donors (Lipinski definition) is 3. The number of rotatable bonds is 7. The molecule has 2 aliphatic rings. The maximum atomic E-state index is 16.0. The van der Waals surface area contributed by atoms with E-state index in [1.165, 1.54) is 6.26 Å². The topological polar surface area (TPSA) is 116 Å². The molecular weight excluding hydrogens is 487 g/mol. The molecule has 1 saturated carbocycles. The Balaban J connectivity index is 1.48. The van der Waals surface area contributed by atoms with Crippen molar-refractivity contribution in [3.8, 4) is 0 Å². The minimum atomic E-state index is -0.412. The van der Waals surface area contributed by atoms with Gasteiger partial charge in [0, 0.05) is 33.1 Å². The van der Waals surface area contributed by atoms with Gasteiger partial charge in [0.1, 0.15) is 23.2 Å². The Labute approximate surface area is 221 Å². The van der Waals surface area contributed by atoms with E-state index >= 15 is 4.39 Å². The van der Waals surface area contributed by atoms with Crippen LogP contribution in [0.25, 0.3) is 11.0 Å². The molecule has 0 bridgehead atoms. The Hall–Kier alpha value is -3.27. The number of benzene rings is 1. The maximum absolute atomic E-state index is 16.0. The SMILES string of the molecule is CCc1nocc1C(=O)NC(c1nc2c(F)c(C3CNCC3C(=O)N(C)C)ccc2[nH]1)C1CCC(C)CC1. The molecule has 3 heterocycles. The number of nitrogens with zero attached hydrogens (tertiary/aromatic N) is 3. The van der Waals surface area contributed by atoms with Crippen LogP contribution < -0.4 is 10.6 Å². The fourth-order valence-corrected chi connectivity index (χ4v) is 6.05. The van der Waals surface area contributed by atoms with Crippen molar-refractivity contribution in [1.82, 2.24) is 30.7 Å². The van der Waals surface area contributed by atoms with Gasteiger partial charge in [-0.2, -0.15) is 0 Å². The van der Waals surface area contributed by atoms with Gasteiger partial charge in [0.15, 0.2) is 5.82 Å². The van der Waals surface area contributed by atoms with Gasteiger partial charge in [-0.1, -0.05) is 37.9 Å². The summed E-state index contributed by atoms with van der Waals surface area (Å²) < 4.78 is 21.0. The van der Waals surface area contributed by atoms with Crippen molar-refractivity contribution in [3.63, 3.8) is 0 Å². The molecule has 1 saturated heterocycles. The van der Waals surface area contributed by atoms with Gasteiger partial charge in [0.2, 0.25) is 5.91 Å². The highest BCUT2D eigenvalue weighted by Gasteiger charge is 2.37. The lowest BCUT2D eigenvalue weighted by molar-refractivity contribution is -0.132. The number of carbonyl (C=O) groups excluding carboxylic acids is 2. The predicted octanol–water partition coefficient (Wildman–Crippen LogP) is 3.94. The maximum Gasteiger partial charge on any atom is 0.257 e. The van der Waals surface area contributed by atoms with Crippen LogP contribution in [0.4, 0.5) is 4.39 Å². The zero-order valence-corrected chi connectivity index (χ0v) is 22.5. The quantitative estimate of drug-likeness (QED) is 0.431. The van der Waals surface area contributed by atoms with Crippen molar-refractivity contribution in [2.45, 2.75) is 57.9 Å². The molecule has 38 heavy (non-hydrogen) atoms. The first-order valence-electron chi connectivity index (χ1n) is 13.6. The fourth-order valence-electron chi connectivity index (χ4n) is 6.05. The monoisotopic (exact) mass is 524 g/mol. The van der Waals surface area contributed by atoms with E-state index in [0.717, 1.165) is 25.7 Å². The van der Waals surface area contributed by atoms with Crippen LogP contribution in [0.15, 0.2) is 22.9 Å². The van der Waals surface area contributed by atoms with Crippen molar-refractivity contribution in [2.75, 3.05) is 27.2 Å². The summed E-state index contributed by atoms with van der Waals surface area (Å²) in [7, 11) is 3.45. The van der Waals surface area contributed by atoms with Gasteiger partial charge in [0.25, 0.3) is 5.91 Å². The van der Waals surface area contributed by atoms with E-state index in [-0.39, 0.29) is 35.1 Å². The van der Waals surface area contributed by atoms with Gasteiger partial charge >= 0.3 is 0 Å². The highest BCUT2D eigenvalue weighted by atomic mass is 19.1. The molecule has 3 unspecified atom stereocenters. The molecule has 2 aromatic heterocycles. The summed E-state index contributed by atoms with van der Waals surface area (Å²) in [4.78, 5) is 35.6. The second-order valence-corrected chi connectivity index (χ2v) is 11.1. The largest absolute Gasteiger partial charge is 0.364 e. The molecule has 3 N–H and O–H groups in total. The number of carbonyl (C=O) groups is 2. The summed E-state index contributed by atoms with van der Waals surface area (Å²) >= 11 is 0.